The lowest BCUT2D eigenvalue weighted by Crippen LogP contribution is -2.12. The van der Waals surface area contributed by atoms with Crippen molar-refractivity contribution in [1.29, 1.82) is 0 Å². The number of nitrogens with one attached hydrogen (secondary N) is 1. The van der Waals surface area contributed by atoms with Crippen LogP contribution in [0.4, 0.5) is 10.1 Å². The minimum Gasteiger partial charge on any atom is -0.339 e. The van der Waals surface area contributed by atoms with E-state index in [4.69, 9.17) is 4.52 Å². The standard InChI is InChI=1S/C21H18FN5O2/c1-11-3-6-18-15(9-23-27(18)10-11)20(28)24-17-7-13(5-4-12(17)2)19-25-21(29-26-19)14-8-16(14)22/h3-7,9-10,14,16H,8H2,1-2H3,(H,24,28)/t14-,16-/m0/s1. The summed E-state index contributed by atoms with van der Waals surface area (Å²) in [5.74, 6) is 0.151. The Bertz CT molecular complexity index is 1250. The minimum absolute atomic E-state index is 0.254. The van der Waals surface area contributed by atoms with Crippen LogP contribution in [0.1, 0.15) is 39.7 Å². The summed E-state index contributed by atoms with van der Waals surface area (Å²) in [7, 11) is 0. The van der Waals surface area contributed by atoms with Crippen LogP contribution in [0.3, 0.4) is 0 Å². The Balaban J connectivity index is 1.42. The van der Waals surface area contributed by atoms with Crippen LogP contribution in [0.2, 0.25) is 0 Å². The molecular formula is C21H18FN5O2. The average molecular weight is 391 g/mol. The number of benzene rings is 1. The molecule has 1 saturated carbocycles. The molecule has 3 aromatic heterocycles. The molecule has 1 aromatic carbocycles. The number of alkyl halides is 1. The van der Waals surface area contributed by atoms with Crippen LogP contribution in [0.5, 0.6) is 0 Å². The van der Waals surface area contributed by atoms with Gasteiger partial charge in [-0.1, -0.05) is 23.4 Å². The molecule has 146 valence electrons. The summed E-state index contributed by atoms with van der Waals surface area (Å²) in [6, 6.07) is 9.32. The Hall–Kier alpha value is -3.55. The van der Waals surface area contributed by atoms with Gasteiger partial charge >= 0.3 is 0 Å². The fraction of sp³-hybridized carbons (Fsp3) is 0.238. The van der Waals surface area contributed by atoms with Gasteiger partial charge in [0.15, 0.2) is 0 Å². The fourth-order valence-corrected chi connectivity index (χ4v) is 3.27. The first-order valence-electron chi connectivity index (χ1n) is 9.33. The van der Waals surface area contributed by atoms with E-state index in [1.54, 1.807) is 16.8 Å². The molecule has 8 heteroatoms. The predicted molar refractivity (Wildman–Crippen MR) is 105 cm³/mol. The summed E-state index contributed by atoms with van der Waals surface area (Å²) in [6.07, 6.45) is 2.95. The van der Waals surface area contributed by atoms with Gasteiger partial charge in [-0.25, -0.2) is 8.91 Å². The number of hydrogen-bond acceptors (Lipinski definition) is 5. The first kappa shape index (κ1) is 17.5. The largest absolute Gasteiger partial charge is 0.339 e. The highest BCUT2D eigenvalue weighted by molar-refractivity contribution is 6.09. The van der Waals surface area contributed by atoms with E-state index in [-0.39, 0.29) is 11.8 Å². The number of carbonyl (C=O) groups is 1. The zero-order chi connectivity index (χ0) is 20.1. The third kappa shape index (κ3) is 3.16. The zero-order valence-electron chi connectivity index (χ0n) is 15.9. The minimum atomic E-state index is -0.897. The van der Waals surface area contributed by atoms with E-state index in [2.05, 4.69) is 20.6 Å². The van der Waals surface area contributed by atoms with Crippen molar-refractivity contribution in [2.45, 2.75) is 32.4 Å². The smallest absolute Gasteiger partial charge is 0.259 e. The topological polar surface area (TPSA) is 85.3 Å². The molecule has 0 bridgehead atoms. The predicted octanol–water partition coefficient (Wildman–Crippen LogP) is 4.08. The van der Waals surface area contributed by atoms with E-state index in [0.29, 0.717) is 35.0 Å². The second-order valence-corrected chi connectivity index (χ2v) is 7.39. The first-order valence-corrected chi connectivity index (χ1v) is 9.33. The van der Waals surface area contributed by atoms with Crippen LogP contribution < -0.4 is 5.32 Å². The van der Waals surface area contributed by atoms with Gasteiger partial charge in [0.05, 0.1) is 23.2 Å². The van der Waals surface area contributed by atoms with Crippen molar-refractivity contribution >= 4 is 17.1 Å². The Morgan fingerprint density at radius 2 is 2.10 bits per heavy atom. The molecule has 0 aliphatic heterocycles. The van der Waals surface area contributed by atoms with Gasteiger partial charge in [0.25, 0.3) is 5.91 Å². The molecule has 1 N–H and O–H groups in total. The summed E-state index contributed by atoms with van der Waals surface area (Å²) in [5.41, 5.74) is 4.49. The van der Waals surface area contributed by atoms with Gasteiger partial charge in [0.1, 0.15) is 6.17 Å². The van der Waals surface area contributed by atoms with E-state index < -0.39 is 6.17 Å². The molecule has 0 radical (unpaired) electrons. The third-order valence-corrected chi connectivity index (χ3v) is 5.12. The Morgan fingerprint density at radius 1 is 1.28 bits per heavy atom. The summed E-state index contributed by atoms with van der Waals surface area (Å²) < 4.78 is 20.1. The second-order valence-electron chi connectivity index (χ2n) is 7.39. The molecule has 4 aromatic rings. The van der Waals surface area contributed by atoms with E-state index >= 15 is 0 Å². The highest BCUT2D eigenvalue weighted by Crippen LogP contribution is 2.43. The van der Waals surface area contributed by atoms with Crippen molar-refractivity contribution in [3.63, 3.8) is 0 Å². The quantitative estimate of drug-likeness (QED) is 0.567. The highest BCUT2D eigenvalue weighted by Gasteiger charge is 2.43. The van der Waals surface area contributed by atoms with Gasteiger partial charge in [-0.3, -0.25) is 4.79 Å². The number of rotatable bonds is 4. The highest BCUT2D eigenvalue weighted by atomic mass is 19.1. The zero-order valence-corrected chi connectivity index (χ0v) is 15.9. The molecular weight excluding hydrogens is 373 g/mol. The van der Waals surface area contributed by atoms with Gasteiger partial charge < -0.3 is 9.84 Å². The van der Waals surface area contributed by atoms with Gasteiger partial charge in [-0.05, 0) is 43.5 Å². The monoisotopic (exact) mass is 391 g/mol. The average Bonchev–Trinajstić information content (AvgIpc) is 3.10. The van der Waals surface area contributed by atoms with Crippen molar-refractivity contribution in [3.8, 4) is 11.4 Å². The Labute approximate surface area is 165 Å². The number of halogens is 1. The molecule has 0 spiro atoms. The number of fused-ring (bicyclic) bond motifs is 1. The van der Waals surface area contributed by atoms with Crippen LogP contribution in [0.15, 0.2) is 47.2 Å². The molecule has 7 nitrogen and oxygen atoms in total. The van der Waals surface area contributed by atoms with Crippen LogP contribution >= 0.6 is 0 Å². The molecule has 1 aliphatic carbocycles. The lowest BCUT2D eigenvalue weighted by Gasteiger charge is -2.09. The Kier molecular flexibility index (Phi) is 3.94. The van der Waals surface area contributed by atoms with Crippen molar-refractivity contribution in [3.05, 3.63) is 65.3 Å². The van der Waals surface area contributed by atoms with Gasteiger partial charge in [-0.15, -0.1) is 0 Å². The lowest BCUT2D eigenvalue weighted by atomic mass is 10.1. The molecule has 0 unspecified atom stereocenters. The lowest BCUT2D eigenvalue weighted by molar-refractivity contribution is 0.102. The fourth-order valence-electron chi connectivity index (χ4n) is 3.27. The van der Waals surface area contributed by atoms with Crippen LogP contribution in [-0.2, 0) is 0 Å². The number of pyridine rings is 1. The Morgan fingerprint density at radius 3 is 2.90 bits per heavy atom. The van der Waals surface area contributed by atoms with Crippen molar-refractivity contribution in [2.75, 3.05) is 5.32 Å². The van der Waals surface area contributed by atoms with E-state index in [0.717, 1.165) is 16.6 Å². The summed E-state index contributed by atoms with van der Waals surface area (Å²) in [5, 5.41) is 11.1. The number of amides is 1. The van der Waals surface area contributed by atoms with Gasteiger partial charge in [0.2, 0.25) is 11.7 Å². The maximum atomic E-state index is 13.2. The molecule has 1 amide bonds. The SMILES string of the molecule is Cc1ccc2c(C(=O)Nc3cc(-c4noc([C@H]5C[C@@H]5F)n4)ccc3C)cnn2c1. The number of hydrogen-bond donors (Lipinski definition) is 1. The van der Waals surface area contributed by atoms with Crippen molar-refractivity contribution in [1.82, 2.24) is 19.8 Å². The van der Waals surface area contributed by atoms with Gasteiger partial charge in [-0.2, -0.15) is 10.1 Å². The molecule has 5 rings (SSSR count). The number of aryl methyl sites for hydroxylation is 2. The van der Waals surface area contributed by atoms with E-state index in [1.165, 1.54) is 0 Å². The molecule has 29 heavy (non-hydrogen) atoms. The number of nitrogens with zero attached hydrogens (tertiary/aromatic N) is 4. The molecule has 0 saturated heterocycles. The maximum Gasteiger partial charge on any atom is 0.259 e. The summed E-state index contributed by atoms with van der Waals surface area (Å²) >= 11 is 0. The number of carbonyl (C=O) groups excluding carboxylic acids is 1. The summed E-state index contributed by atoms with van der Waals surface area (Å²) in [6.45, 7) is 3.87. The normalized spacial score (nSPS) is 18.2. The van der Waals surface area contributed by atoms with Gasteiger partial charge in [0, 0.05) is 17.4 Å². The van der Waals surface area contributed by atoms with Crippen molar-refractivity contribution < 1.29 is 13.7 Å². The van der Waals surface area contributed by atoms with E-state index in [1.807, 2.05) is 44.3 Å². The maximum absolute atomic E-state index is 13.2. The second kappa shape index (κ2) is 6.51. The van der Waals surface area contributed by atoms with Crippen LogP contribution in [0, 0.1) is 13.8 Å². The summed E-state index contributed by atoms with van der Waals surface area (Å²) in [4.78, 5) is 17.2. The van der Waals surface area contributed by atoms with Crippen LogP contribution in [-0.4, -0.2) is 31.8 Å². The third-order valence-electron chi connectivity index (χ3n) is 5.12. The van der Waals surface area contributed by atoms with Crippen LogP contribution in [0.25, 0.3) is 16.9 Å². The molecule has 3 heterocycles. The number of aromatic nitrogens is 4. The van der Waals surface area contributed by atoms with Crippen molar-refractivity contribution in [2.24, 2.45) is 0 Å². The number of anilines is 1. The molecule has 2 atom stereocenters. The molecule has 1 fully saturated rings. The first-order chi connectivity index (χ1) is 14.0. The molecule has 1 aliphatic rings. The van der Waals surface area contributed by atoms with E-state index in [9.17, 15) is 9.18 Å².